The van der Waals surface area contributed by atoms with Crippen molar-refractivity contribution in [1.29, 1.82) is 0 Å². The average molecular weight is 521 g/mol. The molecule has 1 aromatic carbocycles. The number of hydrogen-bond donors (Lipinski definition) is 2. The summed E-state index contributed by atoms with van der Waals surface area (Å²) in [5.74, 6) is -5.22. The second-order valence-electron chi connectivity index (χ2n) is 7.91. The molecule has 0 aliphatic carbocycles. The van der Waals surface area contributed by atoms with Crippen LogP contribution < -0.4 is 10.5 Å². The molecule has 0 saturated heterocycles. The first-order valence-electron chi connectivity index (χ1n) is 10.1. The molecule has 0 aliphatic rings. The highest BCUT2D eigenvalue weighted by Crippen LogP contribution is 2.41. The van der Waals surface area contributed by atoms with Crippen LogP contribution in [0.15, 0.2) is 18.2 Å². The number of hydrogen-bond acceptors (Lipinski definition) is 6. The van der Waals surface area contributed by atoms with E-state index in [0.29, 0.717) is 0 Å². The van der Waals surface area contributed by atoms with Gasteiger partial charge in [-0.15, -0.1) is 10.2 Å². The SMILES string of the molecule is C[C@](N)(CO)c1nnc(-c2ccc(OCCCCCCC(F)(F)C(F)(F)F)c(C(F)(F)F)c2)s1. The Morgan fingerprint density at radius 1 is 0.971 bits per heavy atom. The van der Waals surface area contributed by atoms with E-state index in [2.05, 4.69) is 10.2 Å². The van der Waals surface area contributed by atoms with E-state index in [-0.39, 0.29) is 47.9 Å². The Bertz CT molecular complexity index is 945. The van der Waals surface area contributed by atoms with Crippen LogP contribution in [0.2, 0.25) is 0 Å². The molecule has 0 fully saturated rings. The second-order valence-corrected chi connectivity index (χ2v) is 8.89. The van der Waals surface area contributed by atoms with Crippen LogP contribution in [-0.2, 0) is 11.7 Å². The highest BCUT2D eigenvalue weighted by Gasteiger charge is 2.56. The molecule has 2 rings (SSSR count). The minimum Gasteiger partial charge on any atom is -0.493 e. The van der Waals surface area contributed by atoms with Crippen molar-refractivity contribution in [3.05, 3.63) is 28.8 Å². The smallest absolute Gasteiger partial charge is 0.453 e. The molecule has 2 aromatic rings. The number of nitrogens with two attached hydrogens (primary N) is 1. The molecule has 1 heterocycles. The Labute approximate surface area is 193 Å². The van der Waals surface area contributed by atoms with Crippen molar-refractivity contribution in [2.24, 2.45) is 5.73 Å². The van der Waals surface area contributed by atoms with E-state index in [1.165, 1.54) is 13.0 Å². The first-order valence-corrected chi connectivity index (χ1v) is 10.9. The molecular formula is C20H23F8N3O2S. The molecule has 34 heavy (non-hydrogen) atoms. The maximum absolute atomic E-state index is 13.5. The van der Waals surface area contributed by atoms with Gasteiger partial charge in [-0.25, -0.2) is 0 Å². The second kappa shape index (κ2) is 10.7. The first kappa shape index (κ1) is 28.2. The van der Waals surface area contributed by atoms with Gasteiger partial charge in [-0.05, 0) is 38.0 Å². The van der Waals surface area contributed by atoms with Crippen molar-refractivity contribution in [3.63, 3.8) is 0 Å². The van der Waals surface area contributed by atoms with E-state index in [0.717, 1.165) is 23.5 Å². The zero-order valence-corrected chi connectivity index (χ0v) is 18.8. The molecule has 192 valence electrons. The van der Waals surface area contributed by atoms with Gasteiger partial charge < -0.3 is 15.6 Å². The monoisotopic (exact) mass is 521 g/mol. The largest absolute Gasteiger partial charge is 0.493 e. The summed E-state index contributed by atoms with van der Waals surface area (Å²) in [6, 6.07) is 3.29. The molecule has 3 N–H and O–H groups in total. The van der Waals surface area contributed by atoms with Crippen LogP contribution in [-0.4, -0.2) is 40.6 Å². The molecule has 0 bridgehead atoms. The van der Waals surface area contributed by atoms with Gasteiger partial charge >= 0.3 is 18.3 Å². The van der Waals surface area contributed by atoms with Gasteiger partial charge in [-0.2, -0.15) is 35.1 Å². The van der Waals surface area contributed by atoms with Crippen molar-refractivity contribution in [2.75, 3.05) is 13.2 Å². The van der Waals surface area contributed by atoms with Crippen molar-refractivity contribution in [2.45, 2.75) is 62.8 Å². The van der Waals surface area contributed by atoms with Gasteiger partial charge in [-0.1, -0.05) is 24.2 Å². The predicted molar refractivity (Wildman–Crippen MR) is 109 cm³/mol. The molecule has 14 heteroatoms. The van der Waals surface area contributed by atoms with Crippen LogP contribution in [0.4, 0.5) is 35.1 Å². The summed E-state index contributed by atoms with van der Waals surface area (Å²) in [4.78, 5) is 0. The lowest BCUT2D eigenvalue weighted by Gasteiger charge is -2.19. The Kier molecular flexibility index (Phi) is 8.86. The minimum absolute atomic E-state index is 0.0490. The summed E-state index contributed by atoms with van der Waals surface area (Å²) in [5.41, 5.74) is 3.71. The van der Waals surface area contributed by atoms with Gasteiger partial charge in [0.05, 0.1) is 24.3 Å². The Balaban J connectivity index is 1.98. The number of aliphatic hydroxyl groups is 1. The lowest BCUT2D eigenvalue weighted by Crippen LogP contribution is -2.36. The third-order valence-corrected chi connectivity index (χ3v) is 6.08. The summed E-state index contributed by atoms with van der Waals surface area (Å²) in [6.07, 6.45) is -11.6. The fraction of sp³-hybridized carbons (Fsp3) is 0.600. The number of unbranched alkanes of at least 4 members (excludes halogenated alkanes) is 3. The molecule has 0 unspecified atom stereocenters. The van der Waals surface area contributed by atoms with Crippen LogP contribution in [0.5, 0.6) is 5.75 Å². The van der Waals surface area contributed by atoms with Gasteiger partial charge in [0.15, 0.2) is 0 Å². The molecular weight excluding hydrogens is 498 g/mol. The third kappa shape index (κ3) is 7.22. The quantitative estimate of drug-likeness (QED) is 0.284. The van der Waals surface area contributed by atoms with E-state index < -0.39 is 48.2 Å². The number of rotatable bonds is 11. The van der Waals surface area contributed by atoms with E-state index in [4.69, 9.17) is 10.5 Å². The zero-order chi connectivity index (χ0) is 25.8. The minimum atomic E-state index is -5.60. The number of alkyl halides is 8. The van der Waals surface area contributed by atoms with E-state index in [1.807, 2.05) is 0 Å². The van der Waals surface area contributed by atoms with Gasteiger partial charge in [0.1, 0.15) is 15.8 Å². The van der Waals surface area contributed by atoms with E-state index >= 15 is 0 Å². The Morgan fingerprint density at radius 3 is 2.21 bits per heavy atom. The van der Waals surface area contributed by atoms with Gasteiger partial charge in [0.25, 0.3) is 0 Å². The molecule has 0 amide bonds. The van der Waals surface area contributed by atoms with Crippen LogP contribution >= 0.6 is 11.3 Å². The lowest BCUT2D eigenvalue weighted by atomic mass is 10.1. The number of aliphatic hydroxyl groups excluding tert-OH is 1. The molecule has 1 aromatic heterocycles. The lowest BCUT2D eigenvalue weighted by molar-refractivity contribution is -0.284. The number of halogens is 8. The maximum atomic E-state index is 13.5. The van der Waals surface area contributed by atoms with Crippen LogP contribution in [0.3, 0.4) is 0 Å². The zero-order valence-electron chi connectivity index (χ0n) is 17.9. The number of benzene rings is 1. The van der Waals surface area contributed by atoms with Crippen LogP contribution in [0.25, 0.3) is 10.6 Å². The van der Waals surface area contributed by atoms with Crippen molar-refractivity contribution >= 4 is 11.3 Å². The van der Waals surface area contributed by atoms with Crippen molar-refractivity contribution in [3.8, 4) is 16.3 Å². The standard InChI is InChI=1S/C20H23F8N3O2S/c1-17(29,11-32)16-31-30-15(34-16)12-6-7-14(13(10-12)19(23,24)25)33-9-5-3-2-4-8-18(21,22)20(26,27)28/h6-7,10,32H,2-5,8-9,11,29H2,1H3/t17-/m0/s1. The maximum Gasteiger partial charge on any atom is 0.453 e. The normalized spacial score (nSPS) is 14.8. The molecule has 0 aliphatic heterocycles. The highest BCUT2D eigenvalue weighted by molar-refractivity contribution is 7.14. The summed E-state index contributed by atoms with van der Waals surface area (Å²) < 4.78 is 108. The molecule has 0 spiro atoms. The Hall–Kier alpha value is -2.06. The number of aromatic nitrogens is 2. The average Bonchev–Trinajstić information content (AvgIpc) is 3.22. The van der Waals surface area contributed by atoms with Gasteiger partial charge in [0, 0.05) is 12.0 Å². The highest BCUT2D eigenvalue weighted by atomic mass is 32.1. The Morgan fingerprint density at radius 2 is 1.62 bits per heavy atom. The predicted octanol–water partition coefficient (Wildman–Crippen LogP) is 5.92. The fourth-order valence-electron chi connectivity index (χ4n) is 2.78. The molecule has 1 atom stereocenters. The van der Waals surface area contributed by atoms with Gasteiger partial charge in [0.2, 0.25) is 0 Å². The summed E-state index contributed by atoms with van der Waals surface area (Å²) in [5, 5.41) is 17.4. The van der Waals surface area contributed by atoms with Crippen molar-refractivity contribution in [1.82, 2.24) is 10.2 Å². The molecule has 0 saturated carbocycles. The van der Waals surface area contributed by atoms with E-state index in [1.54, 1.807) is 0 Å². The van der Waals surface area contributed by atoms with Crippen LogP contribution in [0, 0.1) is 0 Å². The topological polar surface area (TPSA) is 81.3 Å². The first-order chi connectivity index (χ1) is 15.6. The van der Waals surface area contributed by atoms with Crippen molar-refractivity contribution < 1.29 is 45.0 Å². The van der Waals surface area contributed by atoms with Gasteiger partial charge in [-0.3, -0.25) is 0 Å². The van der Waals surface area contributed by atoms with Crippen LogP contribution in [0.1, 0.15) is 49.6 Å². The number of ether oxygens (including phenoxy) is 1. The summed E-state index contributed by atoms with van der Waals surface area (Å²) in [6.45, 7) is 0.882. The molecule has 5 nitrogen and oxygen atoms in total. The summed E-state index contributed by atoms with van der Waals surface area (Å²) >= 11 is 0.936. The summed E-state index contributed by atoms with van der Waals surface area (Å²) in [7, 11) is 0. The number of nitrogens with zero attached hydrogens (tertiary/aromatic N) is 2. The fourth-order valence-corrected chi connectivity index (χ4v) is 3.66. The third-order valence-electron chi connectivity index (χ3n) is 4.83. The molecule has 0 radical (unpaired) electrons. The van der Waals surface area contributed by atoms with E-state index in [9.17, 15) is 40.2 Å².